The molecule has 0 aromatic heterocycles. The van der Waals surface area contributed by atoms with Crippen molar-refractivity contribution < 1.29 is 9.59 Å². The van der Waals surface area contributed by atoms with Crippen LogP contribution in [0.15, 0.2) is 77.7 Å². The highest BCUT2D eigenvalue weighted by atomic mass is 32.2. The Balaban J connectivity index is 1.62. The van der Waals surface area contributed by atoms with Crippen LogP contribution in [-0.2, 0) is 11.2 Å². The van der Waals surface area contributed by atoms with E-state index < -0.39 is 0 Å². The smallest absolute Gasteiger partial charge is 0.252 e. The van der Waals surface area contributed by atoms with E-state index in [2.05, 4.69) is 35.8 Å². The van der Waals surface area contributed by atoms with Gasteiger partial charge in [0.1, 0.15) is 0 Å². The second-order valence-corrected chi connectivity index (χ2v) is 8.33. The lowest BCUT2D eigenvalue weighted by Gasteiger charge is -2.16. The molecule has 1 unspecified atom stereocenters. The third-order valence-corrected chi connectivity index (χ3v) is 6.07. The van der Waals surface area contributed by atoms with Crippen molar-refractivity contribution in [3.63, 3.8) is 0 Å². The van der Waals surface area contributed by atoms with Gasteiger partial charge in [-0.25, -0.2) is 0 Å². The molecule has 0 bridgehead atoms. The van der Waals surface area contributed by atoms with Gasteiger partial charge in [-0.1, -0.05) is 49.4 Å². The molecule has 5 nitrogen and oxygen atoms in total. The van der Waals surface area contributed by atoms with E-state index in [4.69, 9.17) is 5.26 Å². The number of carbonyl (C=O) groups is 2. The van der Waals surface area contributed by atoms with Crippen LogP contribution in [0.2, 0.25) is 0 Å². The van der Waals surface area contributed by atoms with Crippen LogP contribution in [0.4, 0.5) is 5.69 Å². The molecule has 0 saturated heterocycles. The fourth-order valence-corrected chi connectivity index (χ4v) is 4.04. The van der Waals surface area contributed by atoms with Gasteiger partial charge in [-0.05, 0) is 54.8 Å². The molecule has 0 saturated carbocycles. The van der Waals surface area contributed by atoms with Gasteiger partial charge in [-0.3, -0.25) is 9.59 Å². The summed E-state index contributed by atoms with van der Waals surface area (Å²) in [6.45, 7) is 4.07. The number of benzene rings is 3. The summed E-state index contributed by atoms with van der Waals surface area (Å²) in [5, 5.41) is 14.8. The monoisotopic (exact) mass is 443 g/mol. The predicted molar refractivity (Wildman–Crippen MR) is 129 cm³/mol. The van der Waals surface area contributed by atoms with Crippen LogP contribution < -0.4 is 10.6 Å². The predicted octanol–water partition coefficient (Wildman–Crippen LogP) is 5.34. The number of nitrogens with one attached hydrogen (secondary N) is 2. The maximum Gasteiger partial charge on any atom is 0.252 e. The van der Waals surface area contributed by atoms with Crippen LogP contribution in [0.1, 0.15) is 46.9 Å². The minimum atomic E-state index is -0.204. The topological polar surface area (TPSA) is 82.0 Å². The first-order valence-corrected chi connectivity index (χ1v) is 11.4. The zero-order valence-corrected chi connectivity index (χ0v) is 18.9. The van der Waals surface area contributed by atoms with Gasteiger partial charge < -0.3 is 10.6 Å². The Hall–Kier alpha value is -3.56. The summed E-state index contributed by atoms with van der Waals surface area (Å²) in [5.74, 6) is -0.235. The molecule has 0 spiro atoms. The average molecular weight is 444 g/mol. The standard InChI is InChI=1S/C26H25N3O2S/c1-3-19-11-13-21(14-12-19)18(2)28-26(31)23-9-4-5-10-24(23)32-17-25(30)29-22-8-6-7-20(15-22)16-27/h4-15,18H,3,17H2,1-2H3,(H,28,31)(H,29,30). The summed E-state index contributed by atoms with van der Waals surface area (Å²) in [4.78, 5) is 26.0. The van der Waals surface area contributed by atoms with Gasteiger partial charge in [-0.15, -0.1) is 11.8 Å². The van der Waals surface area contributed by atoms with E-state index in [9.17, 15) is 9.59 Å². The van der Waals surface area contributed by atoms with E-state index in [0.29, 0.717) is 16.8 Å². The molecule has 0 aliphatic heterocycles. The molecule has 2 N–H and O–H groups in total. The van der Waals surface area contributed by atoms with Gasteiger partial charge in [0.2, 0.25) is 5.91 Å². The molecule has 32 heavy (non-hydrogen) atoms. The van der Waals surface area contributed by atoms with E-state index in [-0.39, 0.29) is 23.6 Å². The SMILES string of the molecule is CCc1ccc(C(C)NC(=O)c2ccccc2SCC(=O)Nc2cccc(C#N)c2)cc1. The molecule has 6 heteroatoms. The quantitative estimate of drug-likeness (QED) is 0.460. The number of amides is 2. The number of rotatable bonds is 8. The number of nitrogens with zero attached hydrogens (tertiary/aromatic N) is 1. The molecule has 1 atom stereocenters. The number of thioether (sulfide) groups is 1. The summed E-state index contributed by atoms with van der Waals surface area (Å²) >= 11 is 1.30. The van der Waals surface area contributed by atoms with Gasteiger partial charge in [0.25, 0.3) is 5.91 Å². The maximum absolute atomic E-state index is 12.9. The Kier molecular flexibility index (Phi) is 8.07. The highest BCUT2D eigenvalue weighted by Gasteiger charge is 2.16. The molecule has 3 aromatic carbocycles. The number of carbonyl (C=O) groups excluding carboxylic acids is 2. The Morgan fingerprint density at radius 2 is 1.78 bits per heavy atom. The molecule has 3 rings (SSSR count). The van der Waals surface area contributed by atoms with Crippen molar-refractivity contribution in [2.24, 2.45) is 0 Å². The van der Waals surface area contributed by atoms with Crippen molar-refractivity contribution in [1.29, 1.82) is 5.26 Å². The summed E-state index contributed by atoms with van der Waals surface area (Å²) < 4.78 is 0. The number of nitriles is 1. The summed E-state index contributed by atoms with van der Waals surface area (Å²) in [5.41, 5.74) is 3.89. The van der Waals surface area contributed by atoms with Gasteiger partial charge >= 0.3 is 0 Å². The molecule has 0 fully saturated rings. The molecular weight excluding hydrogens is 418 g/mol. The second-order valence-electron chi connectivity index (χ2n) is 7.32. The van der Waals surface area contributed by atoms with Crippen LogP contribution in [0.3, 0.4) is 0 Å². The molecule has 0 radical (unpaired) electrons. The van der Waals surface area contributed by atoms with Gasteiger partial charge in [-0.2, -0.15) is 5.26 Å². The molecule has 0 heterocycles. The molecule has 162 valence electrons. The van der Waals surface area contributed by atoms with Crippen molar-refractivity contribution >= 4 is 29.3 Å². The van der Waals surface area contributed by atoms with Gasteiger partial charge in [0.15, 0.2) is 0 Å². The van der Waals surface area contributed by atoms with Crippen LogP contribution in [0, 0.1) is 11.3 Å². The lowest BCUT2D eigenvalue weighted by molar-refractivity contribution is -0.113. The van der Waals surface area contributed by atoms with Crippen LogP contribution in [0.25, 0.3) is 0 Å². The maximum atomic E-state index is 12.9. The highest BCUT2D eigenvalue weighted by Crippen LogP contribution is 2.24. The average Bonchev–Trinajstić information content (AvgIpc) is 2.83. The van der Waals surface area contributed by atoms with Crippen molar-refractivity contribution in [2.45, 2.75) is 31.2 Å². The lowest BCUT2D eigenvalue weighted by atomic mass is 10.0. The molecule has 3 aromatic rings. The van der Waals surface area contributed by atoms with Gasteiger partial charge in [0, 0.05) is 10.6 Å². The third kappa shape index (κ3) is 6.22. The fraction of sp³-hybridized carbons (Fsp3) is 0.192. The summed E-state index contributed by atoms with van der Waals surface area (Å²) in [6.07, 6.45) is 0.975. The van der Waals surface area contributed by atoms with E-state index in [1.807, 2.05) is 37.3 Å². The normalized spacial score (nSPS) is 11.3. The lowest BCUT2D eigenvalue weighted by Crippen LogP contribution is -2.27. The van der Waals surface area contributed by atoms with Crippen molar-refractivity contribution in [3.8, 4) is 6.07 Å². The summed E-state index contributed by atoms with van der Waals surface area (Å²) in [7, 11) is 0. The fourth-order valence-electron chi connectivity index (χ4n) is 3.19. The Morgan fingerprint density at radius 1 is 1.03 bits per heavy atom. The first kappa shape index (κ1) is 23.1. The molecule has 0 aliphatic carbocycles. The molecule has 2 amide bonds. The van der Waals surface area contributed by atoms with Crippen molar-refractivity contribution in [3.05, 3.63) is 95.1 Å². The van der Waals surface area contributed by atoms with Gasteiger partial charge in [0.05, 0.1) is 29.0 Å². The van der Waals surface area contributed by atoms with E-state index >= 15 is 0 Å². The molecule has 0 aliphatic rings. The number of hydrogen-bond donors (Lipinski definition) is 2. The first-order chi connectivity index (χ1) is 15.5. The second kappa shape index (κ2) is 11.2. The Labute approximate surface area is 192 Å². The zero-order valence-electron chi connectivity index (χ0n) is 18.1. The minimum Gasteiger partial charge on any atom is -0.345 e. The number of hydrogen-bond acceptors (Lipinski definition) is 4. The number of anilines is 1. The number of aryl methyl sites for hydroxylation is 1. The Bertz CT molecular complexity index is 1140. The van der Waals surface area contributed by atoms with Crippen molar-refractivity contribution in [2.75, 3.05) is 11.1 Å². The minimum absolute atomic E-state index is 0.137. The third-order valence-electron chi connectivity index (χ3n) is 5.00. The van der Waals surface area contributed by atoms with Crippen molar-refractivity contribution in [1.82, 2.24) is 5.32 Å². The molecular formula is C26H25N3O2S. The van der Waals surface area contributed by atoms with E-state index in [1.54, 1.807) is 30.3 Å². The largest absolute Gasteiger partial charge is 0.345 e. The first-order valence-electron chi connectivity index (χ1n) is 10.4. The highest BCUT2D eigenvalue weighted by molar-refractivity contribution is 8.00. The van der Waals surface area contributed by atoms with Crippen LogP contribution in [-0.4, -0.2) is 17.6 Å². The van der Waals surface area contributed by atoms with E-state index in [0.717, 1.165) is 16.9 Å². The van der Waals surface area contributed by atoms with E-state index in [1.165, 1.54) is 17.3 Å². The zero-order chi connectivity index (χ0) is 22.9. The van der Waals surface area contributed by atoms with Crippen LogP contribution in [0.5, 0.6) is 0 Å². The van der Waals surface area contributed by atoms with Crippen LogP contribution >= 0.6 is 11.8 Å². The Morgan fingerprint density at radius 3 is 2.50 bits per heavy atom. The summed E-state index contributed by atoms with van der Waals surface area (Å²) in [6, 6.07) is 24.2.